The molecule has 0 amide bonds. The summed E-state index contributed by atoms with van der Waals surface area (Å²) in [7, 11) is 1.76. The topological polar surface area (TPSA) is 36.4 Å². The SMILES string of the molecule is CNC(=S)N/N=C\[C@H](C)c1ccccc1. The van der Waals surface area contributed by atoms with Gasteiger partial charge >= 0.3 is 0 Å². The molecule has 0 fully saturated rings. The minimum Gasteiger partial charge on any atom is -0.364 e. The third kappa shape index (κ3) is 4.08. The molecular weight excluding hydrogens is 206 g/mol. The molecule has 80 valence electrons. The number of benzene rings is 1. The second-order valence-electron chi connectivity index (χ2n) is 3.17. The van der Waals surface area contributed by atoms with E-state index in [2.05, 4.69) is 34.9 Å². The largest absolute Gasteiger partial charge is 0.364 e. The van der Waals surface area contributed by atoms with Crippen molar-refractivity contribution in [2.75, 3.05) is 7.05 Å². The van der Waals surface area contributed by atoms with Gasteiger partial charge in [0.15, 0.2) is 5.11 Å². The molecule has 0 saturated carbocycles. The smallest absolute Gasteiger partial charge is 0.186 e. The molecule has 0 aromatic heterocycles. The van der Waals surface area contributed by atoms with Crippen molar-refractivity contribution in [2.24, 2.45) is 5.10 Å². The molecule has 0 aliphatic rings. The number of hydrogen-bond acceptors (Lipinski definition) is 2. The molecule has 0 saturated heterocycles. The van der Waals surface area contributed by atoms with Gasteiger partial charge in [-0.05, 0) is 17.8 Å². The Morgan fingerprint density at radius 3 is 2.67 bits per heavy atom. The highest BCUT2D eigenvalue weighted by Crippen LogP contribution is 2.11. The molecular formula is C11H15N3S. The molecule has 1 rings (SSSR count). The van der Waals surface area contributed by atoms with Gasteiger partial charge in [0.2, 0.25) is 0 Å². The van der Waals surface area contributed by atoms with Crippen molar-refractivity contribution in [3.63, 3.8) is 0 Å². The number of nitrogens with one attached hydrogen (secondary N) is 2. The minimum atomic E-state index is 0.276. The lowest BCUT2D eigenvalue weighted by molar-refractivity contribution is 0.950. The van der Waals surface area contributed by atoms with Gasteiger partial charge in [0.1, 0.15) is 0 Å². The fraction of sp³-hybridized carbons (Fsp3) is 0.273. The van der Waals surface area contributed by atoms with Crippen LogP contribution in [0.1, 0.15) is 18.4 Å². The molecule has 0 radical (unpaired) electrons. The lowest BCUT2D eigenvalue weighted by Gasteiger charge is -2.05. The first-order valence-electron chi connectivity index (χ1n) is 4.80. The first-order valence-corrected chi connectivity index (χ1v) is 5.20. The van der Waals surface area contributed by atoms with Crippen LogP contribution < -0.4 is 10.7 Å². The van der Waals surface area contributed by atoms with Crippen LogP contribution in [0.25, 0.3) is 0 Å². The summed E-state index contributed by atoms with van der Waals surface area (Å²) in [5, 5.41) is 7.34. The molecule has 1 aromatic rings. The number of nitrogens with zero attached hydrogens (tertiary/aromatic N) is 1. The molecule has 0 aliphatic carbocycles. The zero-order valence-electron chi connectivity index (χ0n) is 8.90. The van der Waals surface area contributed by atoms with E-state index in [4.69, 9.17) is 12.2 Å². The van der Waals surface area contributed by atoms with E-state index in [0.29, 0.717) is 5.11 Å². The Hall–Kier alpha value is -1.42. The first-order chi connectivity index (χ1) is 7.24. The van der Waals surface area contributed by atoms with Crippen molar-refractivity contribution in [3.8, 4) is 0 Å². The second kappa shape index (κ2) is 6.14. The van der Waals surface area contributed by atoms with Crippen molar-refractivity contribution in [1.82, 2.24) is 10.7 Å². The van der Waals surface area contributed by atoms with E-state index in [9.17, 15) is 0 Å². The minimum absolute atomic E-state index is 0.276. The van der Waals surface area contributed by atoms with Crippen LogP contribution in [0.4, 0.5) is 0 Å². The van der Waals surface area contributed by atoms with Gasteiger partial charge in [-0.2, -0.15) is 5.10 Å². The summed E-state index contributed by atoms with van der Waals surface area (Å²) in [6.07, 6.45) is 1.83. The van der Waals surface area contributed by atoms with Crippen molar-refractivity contribution in [2.45, 2.75) is 12.8 Å². The lowest BCUT2D eigenvalue weighted by Crippen LogP contribution is -2.28. The molecule has 0 spiro atoms. The van der Waals surface area contributed by atoms with Gasteiger partial charge in [-0.25, -0.2) is 0 Å². The van der Waals surface area contributed by atoms with Gasteiger partial charge in [-0.3, -0.25) is 5.43 Å². The predicted octanol–water partition coefficient (Wildman–Crippen LogP) is 1.87. The quantitative estimate of drug-likeness (QED) is 0.465. The molecule has 0 unspecified atom stereocenters. The Morgan fingerprint density at radius 2 is 2.07 bits per heavy atom. The predicted molar refractivity (Wildman–Crippen MR) is 68.1 cm³/mol. The normalized spacial score (nSPS) is 12.4. The molecule has 0 heterocycles. The summed E-state index contributed by atoms with van der Waals surface area (Å²) in [6, 6.07) is 10.2. The summed E-state index contributed by atoms with van der Waals surface area (Å²) >= 11 is 4.89. The van der Waals surface area contributed by atoms with Crippen LogP contribution in [0.3, 0.4) is 0 Å². The van der Waals surface area contributed by atoms with Crippen molar-refractivity contribution >= 4 is 23.5 Å². The Labute approximate surface area is 95.6 Å². The van der Waals surface area contributed by atoms with Crippen LogP contribution in [0, 0.1) is 0 Å². The maximum atomic E-state index is 4.89. The number of rotatable bonds is 3. The zero-order chi connectivity index (χ0) is 11.1. The summed E-state index contributed by atoms with van der Waals surface area (Å²) in [4.78, 5) is 0. The number of hydrazone groups is 1. The maximum absolute atomic E-state index is 4.89. The second-order valence-corrected chi connectivity index (χ2v) is 3.58. The molecule has 15 heavy (non-hydrogen) atoms. The van der Waals surface area contributed by atoms with Gasteiger partial charge in [0.05, 0.1) is 0 Å². The van der Waals surface area contributed by atoms with E-state index in [-0.39, 0.29) is 5.92 Å². The summed E-state index contributed by atoms with van der Waals surface area (Å²) < 4.78 is 0. The van der Waals surface area contributed by atoms with Crippen LogP contribution >= 0.6 is 12.2 Å². The van der Waals surface area contributed by atoms with E-state index in [0.717, 1.165) is 0 Å². The number of thiocarbonyl (C=S) groups is 1. The summed E-state index contributed by atoms with van der Waals surface area (Å²) in [6.45, 7) is 2.09. The van der Waals surface area contributed by atoms with E-state index in [1.165, 1.54) is 5.56 Å². The van der Waals surface area contributed by atoms with E-state index in [1.807, 2.05) is 24.4 Å². The average molecular weight is 221 g/mol. The van der Waals surface area contributed by atoms with Crippen molar-refractivity contribution < 1.29 is 0 Å². The molecule has 4 heteroatoms. The first kappa shape index (κ1) is 11.7. The van der Waals surface area contributed by atoms with Crippen LogP contribution in [-0.2, 0) is 0 Å². The van der Waals surface area contributed by atoms with Gasteiger partial charge in [0, 0.05) is 19.2 Å². The Balaban J connectivity index is 2.49. The monoisotopic (exact) mass is 221 g/mol. The maximum Gasteiger partial charge on any atom is 0.186 e. The molecule has 1 atom stereocenters. The Kier molecular flexibility index (Phi) is 4.77. The highest BCUT2D eigenvalue weighted by Gasteiger charge is 1.99. The molecule has 2 N–H and O–H groups in total. The van der Waals surface area contributed by atoms with E-state index in [1.54, 1.807) is 7.05 Å². The van der Waals surface area contributed by atoms with E-state index >= 15 is 0 Å². The Morgan fingerprint density at radius 1 is 1.40 bits per heavy atom. The van der Waals surface area contributed by atoms with Crippen molar-refractivity contribution in [3.05, 3.63) is 35.9 Å². The van der Waals surface area contributed by atoms with E-state index < -0.39 is 0 Å². The standard InChI is InChI=1S/C11H15N3S/c1-9(8-13-14-11(15)12-2)10-6-4-3-5-7-10/h3-9H,1-2H3,(H2,12,14,15)/b13-8-/t9-/m0/s1. The third-order valence-corrected chi connectivity index (χ3v) is 2.31. The lowest BCUT2D eigenvalue weighted by atomic mass is 10.0. The van der Waals surface area contributed by atoms with Gasteiger partial charge in [-0.15, -0.1) is 0 Å². The van der Waals surface area contributed by atoms with Crippen LogP contribution in [0.15, 0.2) is 35.4 Å². The fourth-order valence-corrected chi connectivity index (χ4v) is 1.16. The molecule has 1 aromatic carbocycles. The summed E-state index contributed by atoms with van der Waals surface area (Å²) in [5.74, 6) is 0.276. The van der Waals surface area contributed by atoms with Gasteiger partial charge < -0.3 is 5.32 Å². The average Bonchev–Trinajstić information content (AvgIpc) is 2.29. The van der Waals surface area contributed by atoms with Gasteiger partial charge in [-0.1, -0.05) is 37.3 Å². The fourth-order valence-electron chi connectivity index (χ4n) is 1.11. The zero-order valence-corrected chi connectivity index (χ0v) is 9.71. The van der Waals surface area contributed by atoms with Gasteiger partial charge in [0.25, 0.3) is 0 Å². The Bertz CT molecular complexity index is 335. The molecule has 3 nitrogen and oxygen atoms in total. The van der Waals surface area contributed by atoms with Crippen LogP contribution in [0.2, 0.25) is 0 Å². The summed E-state index contributed by atoms with van der Waals surface area (Å²) in [5.41, 5.74) is 3.96. The highest BCUT2D eigenvalue weighted by molar-refractivity contribution is 7.80. The van der Waals surface area contributed by atoms with Crippen molar-refractivity contribution in [1.29, 1.82) is 0 Å². The van der Waals surface area contributed by atoms with Crippen LogP contribution in [-0.4, -0.2) is 18.4 Å². The third-order valence-electron chi connectivity index (χ3n) is 2.02. The highest BCUT2D eigenvalue weighted by atomic mass is 32.1. The molecule has 0 aliphatic heterocycles. The molecule has 0 bridgehead atoms. The van der Waals surface area contributed by atoms with Crippen LogP contribution in [0.5, 0.6) is 0 Å². The number of hydrogen-bond donors (Lipinski definition) is 2.